The molecule has 1 heterocycles. The highest BCUT2D eigenvalue weighted by molar-refractivity contribution is 5.99. The maximum atomic E-state index is 11.8. The van der Waals surface area contributed by atoms with E-state index in [4.69, 9.17) is 4.74 Å². The summed E-state index contributed by atoms with van der Waals surface area (Å²) in [5, 5.41) is 0. The number of hydrogen-bond donors (Lipinski definition) is 2. The lowest BCUT2D eigenvalue weighted by Gasteiger charge is -2.17. The molecule has 2 amide bonds. The van der Waals surface area contributed by atoms with E-state index in [1.54, 1.807) is 13.0 Å². The van der Waals surface area contributed by atoms with Gasteiger partial charge in [0.1, 0.15) is 12.4 Å². The molecule has 0 aliphatic carbocycles. The molecule has 6 nitrogen and oxygen atoms in total. The van der Waals surface area contributed by atoms with E-state index in [2.05, 4.69) is 15.6 Å². The largest absolute Gasteiger partial charge is 0.488 e. The Morgan fingerprint density at radius 3 is 2.89 bits per heavy atom. The molecule has 2 rings (SSSR count). The molecule has 1 aliphatic rings. The predicted octanol–water partition coefficient (Wildman–Crippen LogP) is 1.24. The van der Waals surface area contributed by atoms with E-state index >= 15 is 0 Å². The molecule has 0 radical (unpaired) electrons. The molecular weight excluding hydrogens is 248 g/mol. The zero-order valence-electron chi connectivity index (χ0n) is 10.4. The van der Waals surface area contributed by atoms with Gasteiger partial charge in [0.2, 0.25) is 0 Å². The van der Waals surface area contributed by atoms with E-state index in [0.29, 0.717) is 5.57 Å². The van der Waals surface area contributed by atoms with Crippen molar-refractivity contribution >= 4 is 18.1 Å². The van der Waals surface area contributed by atoms with Gasteiger partial charge in [0.15, 0.2) is 0 Å². The van der Waals surface area contributed by atoms with Gasteiger partial charge in [-0.05, 0) is 19.1 Å². The molecule has 100 valence electrons. The summed E-state index contributed by atoms with van der Waals surface area (Å²) in [5.41, 5.74) is 5.66. The molecule has 2 N–H and O–H groups in total. The number of hydrazine groups is 1. The van der Waals surface area contributed by atoms with Crippen molar-refractivity contribution in [3.05, 3.63) is 35.4 Å². The summed E-state index contributed by atoms with van der Waals surface area (Å²) in [6.45, 7) is 2.07. The first-order valence-electron chi connectivity index (χ1n) is 5.86. The fourth-order valence-corrected chi connectivity index (χ4v) is 1.60. The topological polar surface area (TPSA) is 76.7 Å². The number of fused-ring (bicyclic) bond motifs is 1. The van der Waals surface area contributed by atoms with E-state index in [1.807, 2.05) is 24.3 Å². The highest BCUT2D eigenvalue weighted by Gasteiger charge is 2.17. The van der Waals surface area contributed by atoms with E-state index in [0.717, 1.165) is 11.3 Å². The van der Waals surface area contributed by atoms with Crippen molar-refractivity contribution in [2.75, 3.05) is 13.2 Å². The number of para-hydroxylation sites is 1. The molecule has 0 atom stereocenters. The fourth-order valence-electron chi connectivity index (χ4n) is 1.60. The molecule has 0 fully saturated rings. The number of hydrogen-bond acceptors (Lipinski definition) is 4. The van der Waals surface area contributed by atoms with Gasteiger partial charge >= 0.3 is 6.09 Å². The first kappa shape index (κ1) is 12.9. The van der Waals surface area contributed by atoms with Crippen LogP contribution >= 0.6 is 0 Å². The smallest absolute Gasteiger partial charge is 0.426 e. The number of nitrogens with one attached hydrogen (secondary N) is 2. The van der Waals surface area contributed by atoms with Gasteiger partial charge in [0.25, 0.3) is 5.91 Å². The van der Waals surface area contributed by atoms with Gasteiger partial charge in [0.05, 0.1) is 12.2 Å². The number of carbonyl (C=O) groups excluding carboxylic acids is 2. The highest BCUT2D eigenvalue weighted by atomic mass is 16.6. The fraction of sp³-hybridized carbons (Fsp3) is 0.231. The Bertz CT molecular complexity index is 525. The van der Waals surface area contributed by atoms with Gasteiger partial charge in [-0.1, -0.05) is 18.2 Å². The minimum atomic E-state index is -0.700. The minimum absolute atomic E-state index is 0.160. The average Bonchev–Trinajstić information content (AvgIpc) is 2.44. The summed E-state index contributed by atoms with van der Waals surface area (Å²) in [4.78, 5) is 22.8. The molecule has 19 heavy (non-hydrogen) atoms. The second-order valence-electron chi connectivity index (χ2n) is 3.80. The first-order valence-corrected chi connectivity index (χ1v) is 5.86. The Labute approximate surface area is 110 Å². The molecule has 0 saturated heterocycles. The van der Waals surface area contributed by atoms with Crippen molar-refractivity contribution in [1.82, 2.24) is 10.9 Å². The molecule has 1 aliphatic heterocycles. The molecule has 0 aromatic heterocycles. The van der Waals surface area contributed by atoms with Crippen LogP contribution in [0.2, 0.25) is 0 Å². The highest BCUT2D eigenvalue weighted by Crippen LogP contribution is 2.25. The lowest BCUT2D eigenvalue weighted by atomic mass is 10.1. The minimum Gasteiger partial charge on any atom is -0.488 e. The van der Waals surface area contributed by atoms with Crippen LogP contribution in [0.15, 0.2) is 29.8 Å². The van der Waals surface area contributed by atoms with Crippen molar-refractivity contribution < 1.29 is 19.1 Å². The van der Waals surface area contributed by atoms with Crippen LogP contribution in [0.1, 0.15) is 12.5 Å². The predicted molar refractivity (Wildman–Crippen MR) is 68.2 cm³/mol. The number of rotatable bonds is 2. The van der Waals surface area contributed by atoms with Crippen LogP contribution in [0.3, 0.4) is 0 Å². The maximum Gasteiger partial charge on any atom is 0.426 e. The van der Waals surface area contributed by atoms with Crippen molar-refractivity contribution in [2.45, 2.75) is 6.92 Å². The summed E-state index contributed by atoms with van der Waals surface area (Å²) in [7, 11) is 0. The Kier molecular flexibility index (Phi) is 4.02. The molecular formula is C13H14N2O4. The van der Waals surface area contributed by atoms with Crippen LogP contribution < -0.4 is 15.6 Å². The van der Waals surface area contributed by atoms with Crippen LogP contribution in [0.4, 0.5) is 4.79 Å². The zero-order valence-corrected chi connectivity index (χ0v) is 10.4. The van der Waals surface area contributed by atoms with Crippen molar-refractivity contribution in [3.63, 3.8) is 0 Å². The molecule has 0 saturated carbocycles. The second-order valence-corrected chi connectivity index (χ2v) is 3.80. The maximum absolute atomic E-state index is 11.8. The van der Waals surface area contributed by atoms with E-state index < -0.39 is 12.0 Å². The molecule has 6 heteroatoms. The molecule has 0 spiro atoms. The Morgan fingerprint density at radius 2 is 2.11 bits per heavy atom. The molecule has 0 bridgehead atoms. The van der Waals surface area contributed by atoms with E-state index in [-0.39, 0.29) is 13.2 Å². The molecule has 1 aromatic rings. The van der Waals surface area contributed by atoms with Gasteiger partial charge < -0.3 is 9.47 Å². The van der Waals surface area contributed by atoms with Crippen molar-refractivity contribution in [2.24, 2.45) is 0 Å². The van der Waals surface area contributed by atoms with Gasteiger partial charge in [-0.3, -0.25) is 10.2 Å². The van der Waals surface area contributed by atoms with Gasteiger partial charge in [-0.2, -0.15) is 0 Å². The van der Waals surface area contributed by atoms with Crippen LogP contribution in [-0.2, 0) is 9.53 Å². The standard InChI is InChI=1S/C13H14N2O4/c1-2-18-13(17)15-14-12(16)10-7-9-5-3-4-6-11(9)19-8-10/h3-7H,2,8H2,1H3,(H,14,16)(H,15,17). The number of amides is 2. The zero-order chi connectivity index (χ0) is 13.7. The van der Waals surface area contributed by atoms with E-state index in [9.17, 15) is 9.59 Å². The summed E-state index contributed by atoms with van der Waals surface area (Å²) >= 11 is 0. The van der Waals surface area contributed by atoms with Crippen molar-refractivity contribution in [1.29, 1.82) is 0 Å². The van der Waals surface area contributed by atoms with Crippen LogP contribution in [-0.4, -0.2) is 25.2 Å². The number of benzene rings is 1. The van der Waals surface area contributed by atoms with E-state index in [1.165, 1.54) is 0 Å². The lowest BCUT2D eigenvalue weighted by molar-refractivity contribution is -0.118. The SMILES string of the molecule is CCOC(=O)NNC(=O)C1=Cc2ccccc2OC1. The Morgan fingerprint density at radius 1 is 1.32 bits per heavy atom. The van der Waals surface area contributed by atoms with Gasteiger partial charge in [0, 0.05) is 5.56 Å². The Balaban J connectivity index is 1.98. The number of ether oxygens (including phenoxy) is 2. The van der Waals surface area contributed by atoms with Crippen LogP contribution in [0, 0.1) is 0 Å². The van der Waals surface area contributed by atoms with Crippen molar-refractivity contribution in [3.8, 4) is 5.75 Å². The summed E-state index contributed by atoms with van der Waals surface area (Å²) in [6, 6.07) is 7.40. The summed E-state index contributed by atoms with van der Waals surface area (Å²) in [6.07, 6.45) is 1.02. The molecule has 1 aromatic carbocycles. The van der Waals surface area contributed by atoms with Gasteiger partial charge in [-0.25, -0.2) is 10.2 Å². The third kappa shape index (κ3) is 3.25. The normalized spacial score (nSPS) is 12.6. The summed E-state index contributed by atoms with van der Waals surface area (Å²) < 4.78 is 10.1. The molecule has 0 unspecified atom stereocenters. The third-order valence-corrected chi connectivity index (χ3v) is 2.48. The second kappa shape index (κ2) is 5.90. The van der Waals surface area contributed by atoms with Crippen LogP contribution in [0.25, 0.3) is 6.08 Å². The van der Waals surface area contributed by atoms with Crippen LogP contribution in [0.5, 0.6) is 5.75 Å². The first-order chi connectivity index (χ1) is 9.20. The quantitative estimate of drug-likeness (QED) is 0.786. The Hall–Kier alpha value is -2.50. The number of carbonyl (C=O) groups is 2. The summed E-state index contributed by atoms with van der Waals surface area (Å²) in [5.74, 6) is 0.306. The van der Waals surface area contributed by atoms with Gasteiger partial charge in [-0.15, -0.1) is 0 Å². The monoisotopic (exact) mass is 262 g/mol. The third-order valence-electron chi connectivity index (χ3n) is 2.48. The average molecular weight is 262 g/mol. The lowest BCUT2D eigenvalue weighted by Crippen LogP contribution is -2.43.